The van der Waals surface area contributed by atoms with Crippen LogP contribution >= 0.6 is 0 Å². The molecule has 9 nitrogen and oxygen atoms in total. The minimum atomic E-state index is -0.541. The average Bonchev–Trinajstić information content (AvgIpc) is 2.99. The van der Waals surface area contributed by atoms with E-state index in [9.17, 15) is 4.79 Å². The standard InChI is InChI=1S/C22H35N7O2/c1-7-17(4)28(6)26-15-18-11-10-12-19(14-13-18)31-16-20(25-9-3)21(8-2)29(24)22(30)27(5)23/h7,9,11-15H,8,10,16,23-24H2,1-6H3/b17-7+,21-20+,25-9-,26-15+. The molecule has 0 spiro atoms. The van der Waals surface area contributed by atoms with E-state index in [-0.39, 0.29) is 6.61 Å². The van der Waals surface area contributed by atoms with E-state index in [1.807, 2.05) is 63.3 Å². The lowest BCUT2D eigenvalue weighted by Crippen LogP contribution is -2.48. The molecule has 2 amide bonds. The first-order chi connectivity index (χ1) is 14.7. The molecular weight excluding hydrogens is 394 g/mol. The topological polar surface area (TPSA) is 113 Å². The molecule has 0 atom stereocenters. The molecule has 0 aromatic heterocycles. The number of hydrogen-bond acceptors (Lipinski definition) is 7. The van der Waals surface area contributed by atoms with Gasteiger partial charge in [0, 0.05) is 26.0 Å². The number of urea groups is 1. The largest absolute Gasteiger partial charge is 0.488 e. The quantitative estimate of drug-likeness (QED) is 0.252. The van der Waals surface area contributed by atoms with Gasteiger partial charge in [0.2, 0.25) is 0 Å². The number of nitrogens with zero attached hydrogens (tertiary/aromatic N) is 5. The van der Waals surface area contributed by atoms with Crippen LogP contribution in [-0.4, -0.2) is 54.2 Å². The molecule has 0 aromatic rings. The zero-order valence-corrected chi connectivity index (χ0v) is 19.4. The summed E-state index contributed by atoms with van der Waals surface area (Å²) in [5.41, 5.74) is 3.13. The Kier molecular flexibility index (Phi) is 11.0. The predicted octanol–water partition coefficient (Wildman–Crippen LogP) is 3.43. The Morgan fingerprint density at radius 3 is 2.52 bits per heavy atom. The van der Waals surface area contributed by atoms with Crippen LogP contribution in [0.5, 0.6) is 0 Å². The maximum atomic E-state index is 12.1. The molecule has 0 fully saturated rings. The van der Waals surface area contributed by atoms with Crippen molar-refractivity contribution in [3.63, 3.8) is 0 Å². The Labute approximate surface area is 185 Å². The summed E-state index contributed by atoms with van der Waals surface area (Å²) in [5, 5.41) is 8.17. The number of ether oxygens (including phenoxy) is 1. The van der Waals surface area contributed by atoms with E-state index >= 15 is 0 Å². The molecule has 0 heterocycles. The number of hydrazine groups is 2. The molecule has 31 heavy (non-hydrogen) atoms. The maximum absolute atomic E-state index is 12.1. The van der Waals surface area contributed by atoms with Gasteiger partial charge in [-0.2, -0.15) is 5.10 Å². The van der Waals surface area contributed by atoms with Crippen LogP contribution in [0.1, 0.15) is 40.5 Å². The Morgan fingerprint density at radius 1 is 1.23 bits per heavy atom. The third-order valence-corrected chi connectivity index (χ3v) is 4.55. The highest BCUT2D eigenvalue weighted by Gasteiger charge is 2.19. The number of allylic oxidation sites excluding steroid dienone is 8. The third kappa shape index (κ3) is 8.23. The highest BCUT2D eigenvalue weighted by atomic mass is 16.5. The van der Waals surface area contributed by atoms with Gasteiger partial charge in [0.1, 0.15) is 12.4 Å². The molecule has 0 unspecified atom stereocenters. The van der Waals surface area contributed by atoms with E-state index in [1.54, 1.807) is 13.1 Å². The van der Waals surface area contributed by atoms with E-state index in [4.69, 9.17) is 16.4 Å². The number of rotatable bonds is 9. The number of carbonyl (C=O) groups excluding carboxylic acids is 1. The second kappa shape index (κ2) is 13.2. The van der Waals surface area contributed by atoms with E-state index in [0.29, 0.717) is 30.0 Å². The summed E-state index contributed by atoms with van der Waals surface area (Å²) in [6, 6.07) is -0.541. The number of carbonyl (C=O) groups is 1. The van der Waals surface area contributed by atoms with Gasteiger partial charge in [-0.05, 0) is 51.3 Å². The molecule has 1 aliphatic carbocycles. The van der Waals surface area contributed by atoms with Crippen LogP contribution in [0.25, 0.3) is 0 Å². The Morgan fingerprint density at radius 2 is 1.94 bits per heavy atom. The second-order valence-corrected chi connectivity index (χ2v) is 6.76. The monoisotopic (exact) mass is 429 g/mol. The SMILES string of the molecule is C/C=N\C(COC1=CCC=C(/C=N/N(C)/C(C)=C/C)C=C1)=C(/CC)N(N)C(=O)N(C)N. The highest BCUT2D eigenvalue weighted by molar-refractivity contribution is 5.82. The van der Waals surface area contributed by atoms with Crippen LogP contribution in [0.2, 0.25) is 0 Å². The van der Waals surface area contributed by atoms with Crippen LogP contribution in [0, 0.1) is 0 Å². The molecule has 0 aliphatic heterocycles. The van der Waals surface area contributed by atoms with Crippen LogP contribution in [0.4, 0.5) is 4.79 Å². The van der Waals surface area contributed by atoms with Gasteiger partial charge in [-0.3, -0.25) is 15.0 Å². The molecular formula is C22H35N7O2. The molecule has 1 rings (SSSR count). The molecule has 4 N–H and O–H groups in total. The van der Waals surface area contributed by atoms with Gasteiger partial charge in [0.15, 0.2) is 0 Å². The van der Waals surface area contributed by atoms with Crippen LogP contribution < -0.4 is 11.7 Å². The molecule has 0 radical (unpaired) electrons. The lowest BCUT2D eigenvalue weighted by molar-refractivity contribution is 0.174. The van der Waals surface area contributed by atoms with Crippen molar-refractivity contribution in [1.29, 1.82) is 0 Å². The zero-order chi connectivity index (χ0) is 23.4. The van der Waals surface area contributed by atoms with Crippen molar-refractivity contribution in [1.82, 2.24) is 15.0 Å². The lowest BCUT2D eigenvalue weighted by Gasteiger charge is -2.24. The Hall–Kier alpha value is -3.17. The fraction of sp³-hybridized carbons (Fsp3) is 0.409. The number of aliphatic imine (C=N–C) groups is 1. The molecule has 0 bridgehead atoms. The van der Waals surface area contributed by atoms with Gasteiger partial charge in [0.05, 0.1) is 17.6 Å². The van der Waals surface area contributed by atoms with Crippen molar-refractivity contribution in [2.75, 3.05) is 20.7 Å². The second-order valence-electron chi connectivity index (χ2n) is 6.76. The summed E-state index contributed by atoms with van der Waals surface area (Å²) in [7, 11) is 3.34. The molecule has 0 saturated carbocycles. The fourth-order valence-corrected chi connectivity index (χ4v) is 2.56. The number of nitrogens with two attached hydrogens (primary N) is 2. The lowest BCUT2D eigenvalue weighted by atomic mass is 10.2. The minimum Gasteiger partial charge on any atom is -0.488 e. The smallest absolute Gasteiger partial charge is 0.352 e. The summed E-state index contributed by atoms with van der Waals surface area (Å²) in [6.45, 7) is 7.81. The van der Waals surface area contributed by atoms with Gasteiger partial charge >= 0.3 is 6.03 Å². The van der Waals surface area contributed by atoms with E-state index in [0.717, 1.165) is 21.3 Å². The van der Waals surface area contributed by atoms with Crippen molar-refractivity contribution in [2.45, 2.75) is 40.5 Å². The van der Waals surface area contributed by atoms with E-state index in [2.05, 4.69) is 16.2 Å². The molecule has 0 aromatic carbocycles. The van der Waals surface area contributed by atoms with Crippen molar-refractivity contribution in [2.24, 2.45) is 21.8 Å². The number of hydrazone groups is 1. The van der Waals surface area contributed by atoms with Crippen molar-refractivity contribution < 1.29 is 9.53 Å². The molecule has 0 saturated heterocycles. The summed E-state index contributed by atoms with van der Waals surface area (Å²) in [6.07, 6.45) is 14.5. The van der Waals surface area contributed by atoms with Gasteiger partial charge < -0.3 is 4.74 Å². The summed E-state index contributed by atoms with van der Waals surface area (Å²) in [5.74, 6) is 12.2. The normalized spacial score (nSPS) is 15.4. The Bertz CT molecular complexity index is 833. The first-order valence-electron chi connectivity index (χ1n) is 10.1. The van der Waals surface area contributed by atoms with Gasteiger partial charge in [0.25, 0.3) is 0 Å². The van der Waals surface area contributed by atoms with Gasteiger partial charge in [-0.15, -0.1) is 0 Å². The average molecular weight is 430 g/mol. The Balaban J connectivity index is 2.91. The minimum absolute atomic E-state index is 0.158. The summed E-state index contributed by atoms with van der Waals surface area (Å²) in [4.78, 5) is 16.5. The maximum Gasteiger partial charge on any atom is 0.352 e. The number of amides is 2. The molecule has 170 valence electrons. The van der Waals surface area contributed by atoms with Crippen molar-refractivity contribution in [3.05, 3.63) is 58.8 Å². The van der Waals surface area contributed by atoms with Gasteiger partial charge in [-0.25, -0.2) is 21.5 Å². The van der Waals surface area contributed by atoms with Gasteiger partial charge in [-0.1, -0.05) is 25.2 Å². The van der Waals surface area contributed by atoms with Crippen LogP contribution in [0.3, 0.4) is 0 Å². The number of hydrogen-bond donors (Lipinski definition) is 2. The first-order valence-corrected chi connectivity index (χ1v) is 10.1. The van der Waals surface area contributed by atoms with Crippen LogP contribution in [0.15, 0.2) is 68.9 Å². The zero-order valence-electron chi connectivity index (χ0n) is 19.4. The summed E-state index contributed by atoms with van der Waals surface area (Å²) >= 11 is 0. The highest BCUT2D eigenvalue weighted by Crippen LogP contribution is 2.18. The predicted molar refractivity (Wildman–Crippen MR) is 126 cm³/mol. The molecule has 1 aliphatic rings. The van der Waals surface area contributed by atoms with E-state index in [1.165, 1.54) is 7.05 Å². The first kappa shape index (κ1) is 25.9. The van der Waals surface area contributed by atoms with Crippen LogP contribution in [-0.2, 0) is 4.74 Å². The van der Waals surface area contributed by atoms with Crippen molar-refractivity contribution in [3.8, 4) is 0 Å². The summed E-state index contributed by atoms with van der Waals surface area (Å²) < 4.78 is 5.95. The van der Waals surface area contributed by atoms with Crippen molar-refractivity contribution >= 4 is 18.5 Å². The third-order valence-electron chi connectivity index (χ3n) is 4.55. The van der Waals surface area contributed by atoms with E-state index < -0.39 is 6.03 Å². The molecule has 9 heteroatoms. The fourth-order valence-electron chi connectivity index (χ4n) is 2.56.